The predicted molar refractivity (Wildman–Crippen MR) is 104 cm³/mol. The summed E-state index contributed by atoms with van der Waals surface area (Å²) in [6, 6.07) is 10.9. The maximum absolute atomic E-state index is 13.6. The third-order valence-electron chi connectivity index (χ3n) is 4.23. The Morgan fingerprint density at radius 2 is 2.00 bits per heavy atom. The molecule has 7 heteroatoms. The molecule has 0 saturated heterocycles. The van der Waals surface area contributed by atoms with Gasteiger partial charge in [-0.3, -0.25) is 9.59 Å². The van der Waals surface area contributed by atoms with Gasteiger partial charge in [-0.2, -0.15) is 0 Å². The van der Waals surface area contributed by atoms with Crippen molar-refractivity contribution >= 4 is 11.7 Å². The normalized spacial score (nSPS) is 10.5. The number of aromatic nitrogens is 2. The molecule has 0 spiro atoms. The van der Waals surface area contributed by atoms with Crippen LogP contribution < -0.4 is 15.6 Å². The molecule has 6 nitrogen and oxygen atoms in total. The van der Waals surface area contributed by atoms with Gasteiger partial charge < -0.3 is 14.6 Å². The van der Waals surface area contributed by atoms with E-state index in [1.54, 1.807) is 18.3 Å². The first kappa shape index (κ1) is 19.3. The third-order valence-corrected chi connectivity index (χ3v) is 4.23. The number of aryl methyl sites for hydroxylation is 1. The van der Waals surface area contributed by atoms with Gasteiger partial charge in [-0.15, -0.1) is 0 Å². The van der Waals surface area contributed by atoms with Crippen molar-refractivity contribution in [2.24, 2.45) is 0 Å². The van der Waals surface area contributed by atoms with Gasteiger partial charge >= 0.3 is 0 Å². The lowest BCUT2D eigenvalue weighted by Crippen LogP contribution is -2.21. The van der Waals surface area contributed by atoms with Crippen LogP contribution in [0.5, 0.6) is 5.75 Å². The van der Waals surface area contributed by atoms with Crippen molar-refractivity contribution < 1.29 is 13.9 Å². The van der Waals surface area contributed by atoms with Gasteiger partial charge in [-0.1, -0.05) is 6.07 Å². The predicted octanol–water partition coefficient (Wildman–Crippen LogP) is 3.25. The second kappa shape index (κ2) is 8.47. The lowest BCUT2D eigenvalue weighted by Gasteiger charge is -2.08. The van der Waals surface area contributed by atoms with E-state index in [9.17, 15) is 14.0 Å². The SMILES string of the molecule is CCn1cc(C(=O)Nc2ccc(Cc3cc(F)cc(OC)c3)cn2)ccc1=O. The van der Waals surface area contributed by atoms with Gasteiger partial charge in [-0.25, -0.2) is 9.37 Å². The largest absolute Gasteiger partial charge is 0.497 e. The van der Waals surface area contributed by atoms with Crippen LogP contribution in [0, 0.1) is 5.82 Å². The molecule has 2 aromatic heterocycles. The fourth-order valence-electron chi connectivity index (χ4n) is 2.78. The van der Waals surface area contributed by atoms with E-state index in [1.165, 1.54) is 42.1 Å². The second-order valence-electron chi connectivity index (χ2n) is 6.22. The number of anilines is 1. The molecule has 0 atom stereocenters. The fraction of sp³-hybridized carbons (Fsp3) is 0.190. The van der Waals surface area contributed by atoms with Crippen LogP contribution >= 0.6 is 0 Å². The lowest BCUT2D eigenvalue weighted by molar-refractivity contribution is 0.102. The summed E-state index contributed by atoms with van der Waals surface area (Å²) in [6.45, 7) is 2.31. The Hall–Kier alpha value is -3.48. The molecule has 0 aliphatic carbocycles. The van der Waals surface area contributed by atoms with E-state index in [1.807, 2.05) is 13.0 Å². The smallest absolute Gasteiger partial charge is 0.258 e. The van der Waals surface area contributed by atoms with Gasteiger partial charge in [0.1, 0.15) is 17.4 Å². The van der Waals surface area contributed by atoms with E-state index in [0.29, 0.717) is 30.1 Å². The molecular weight excluding hydrogens is 361 g/mol. The molecule has 1 N–H and O–H groups in total. The average molecular weight is 381 g/mol. The first-order valence-corrected chi connectivity index (χ1v) is 8.78. The number of carbonyl (C=O) groups excluding carboxylic acids is 1. The topological polar surface area (TPSA) is 73.2 Å². The molecule has 1 amide bonds. The van der Waals surface area contributed by atoms with Gasteiger partial charge in [0.25, 0.3) is 11.5 Å². The van der Waals surface area contributed by atoms with Crippen molar-refractivity contribution in [3.8, 4) is 5.75 Å². The molecule has 0 unspecified atom stereocenters. The summed E-state index contributed by atoms with van der Waals surface area (Å²) in [6.07, 6.45) is 3.63. The number of rotatable bonds is 6. The van der Waals surface area contributed by atoms with Crippen LogP contribution in [0.1, 0.15) is 28.4 Å². The zero-order chi connectivity index (χ0) is 20.1. The van der Waals surface area contributed by atoms with Gasteiger partial charge in [0.05, 0.1) is 12.7 Å². The van der Waals surface area contributed by atoms with E-state index in [2.05, 4.69) is 10.3 Å². The summed E-state index contributed by atoms with van der Waals surface area (Å²) in [5, 5.41) is 2.70. The Labute approximate surface area is 161 Å². The Balaban J connectivity index is 1.70. The first-order valence-electron chi connectivity index (χ1n) is 8.78. The van der Waals surface area contributed by atoms with E-state index in [0.717, 1.165) is 11.1 Å². The molecule has 0 aliphatic heterocycles. The minimum Gasteiger partial charge on any atom is -0.497 e. The summed E-state index contributed by atoms with van der Waals surface area (Å²) < 4.78 is 20.1. The standard InChI is InChI=1S/C21H20FN3O3/c1-3-25-13-16(5-7-20(25)26)21(27)24-19-6-4-14(12-23-19)8-15-9-17(22)11-18(10-15)28-2/h4-7,9-13H,3,8H2,1-2H3,(H,23,24,27). The van der Waals surface area contributed by atoms with Crippen molar-refractivity contribution in [1.82, 2.24) is 9.55 Å². The van der Waals surface area contributed by atoms with E-state index >= 15 is 0 Å². The van der Waals surface area contributed by atoms with Gasteiger partial charge in [0, 0.05) is 31.1 Å². The molecule has 0 fully saturated rings. The highest BCUT2D eigenvalue weighted by Crippen LogP contribution is 2.19. The summed E-state index contributed by atoms with van der Waals surface area (Å²) in [5.74, 6) is 0.136. The van der Waals surface area contributed by atoms with Crippen molar-refractivity contribution in [3.05, 3.63) is 87.7 Å². The molecule has 144 valence electrons. The Kier molecular flexibility index (Phi) is 5.84. The highest BCUT2D eigenvalue weighted by Gasteiger charge is 2.09. The second-order valence-corrected chi connectivity index (χ2v) is 6.22. The monoisotopic (exact) mass is 381 g/mol. The van der Waals surface area contributed by atoms with Gasteiger partial charge in [0.2, 0.25) is 0 Å². The number of nitrogens with one attached hydrogen (secondary N) is 1. The van der Waals surface area contributed by atoms with Crippen LogP contribution in [0.15, 0.2) is 59.7 Å². The van der Waals surface area contributed by atoms with Crippen LogP contribution in [-0.4, -0.2) is 22.6 Å². The quantitative estimate of drug-likeness (QED) is 0.711. The summed E-state index contributed by atoms with van der Waals surface area (Å²) in [5.41, 5.74) is 1.84. The molecule has 28 heavy (non-hydrogen) atoms. The molecule has 0 bridgehead atoms. The van der Waals surface area contributed by atoms with Crippen molar-refractivity contribution in [1.29, 1.82) is 0 Å². The zero-order valence-corrected chi connectivity index (χ0v) is 15.6. The fourth-order valence-corrected chi connectivity index (χ4v) is 2.78. The number of pyridine rings is 2. The zero-order valence-electron chi connectivity index (χ0n) is 15.6. The summed E-state index contributed by atoms with van der Waals surface area (Å²) in [7, 11) is 1.49. The van der Waals surface area contributed by atoms with Crippen LogP contribution in [0.2, 0.25) is 0 Å². The van der Waals surface area contributed by atoms with Gasteiger partial charge in [-0.05, 0) is 48.7 Å². The number of nitrogens with zero attached hydrogens (tertiary/aromatic N) is 2. The van der Waals surface area contributed by atoms with Crippen molar-refractivity contribution in [3.63, 3.8) is 0 Å². The van der Waals surface area contributed by atoms with Crippen LogP contribution in [0.3, 0.4) is 0 Å². The average Bonchev–Trinajstić information content (AvgIpc) is 2.69. The van der Waals surface area contributed by atoms with E-state index in [4.69, 9.17) is 4.74 Å². The molecule has 3 aromatic rings. The van der Waals surface area contributed by atoms with Crippen LogP contribution in [-0.2, 0) is 13.0 Å². The van der Waals surface area contributed by atoms with Crippen molar-refractivity contribution in [2.45, 2.75) is 19.9 Å². The Morgan fingerprint density at radius 3 is 2.68 bits per heavy atom. The van der Waals surface area contributed by atoms with Gasteiger partial charge in [0.15, 0.2) is 0 Å². The lowest BCUT2D eigenvalue weighted by atomic mass is 10.1. The Bertz CT molecular complexity index is 1050. The number of hydrogen-bond donors (Lipinski definition) is 1. The number of hydrogen-bond acceptors (Lipinski definition) is 4. The number of methoxy groups -OCH3 is 1. The number of benzene rings is 1. The summed E-state index contributed by atoms with van der Waals surface area (Å²) >= 11 is 0. The molecule has 0 radical (unpaired) electrons. The first-order chi connectivity index (χ1) is 13.5. The minimum absolute atomic E-state index is 0.157. The molecular formula is C21H20FN3O3. The van der Waals surface area contributed by atoms with E-state index < -0.39 is 0 Å². The third kappa shape index (κ3) is 4.62. The minimum atomic E-state index is -0.361. The maximum atomic E-state index is 13.6. The molecule has 0 saturated carbocycles. The number of halogens is 1. The number of amides is 1. The Morgan fingerprint density at radius 1 is 1.18 bits per heavy atom. The summed E-state index contributed by atoms with van der Waals surface area (Å²) in [4.78, 5) is 28.2. The van der Waals surface area contributed by atoms with Crippen LogP contribution in [0.4, 0.5) is 10.2 Å². The molecule has 2 heterocycles. The number of carbonyl (C=O) groups is 1. The highest BCUT2D eigenvalue weighted by molar-refractivity contribution is 6.03. The maximum Gasteiger partial charge on any atom is 0.258 e. The molecule has 1 aromatic carbocycles. The number of ether oxygens (including phenoxy) is 1. The van der Waals surface area contributed by atoms with Crippen molar-refractivity contribution in [2.75, 3.05) is 12.4 Å². The van der Waals surface area contributed by atoms with Crippen LogP contribution in [0.25, 0.3) is 0 Å². The van der Waals surface area contributed by atoms with E-state index in [-0.39, 0.29) is 17.3 Å². The molecule has 3 rings (SSSR count). The molecule has 0 aliphatic rings. The highest BCUT2D eigenvalue weighted by atomic mass is 19.1.